The van der Waals surface area contributed by atoms with E-state index in [1.165, 1.54) is 11.0 Å². The van der Waals surface area contributed by atoms with Gasteiger partial charge in [-0.2, -0.15) is 0 Å². The van der Waals surface area contributed by atoms with Gasteiger partial charge in [-0.25, -0.2) is 4.39 Å². The lowest BCUT2D eigenvalue weighted by atomic mass is 10.1. The third kappa shape index (κ3) is 6.60. The number of nitrogens with one attached hydrogen (secondary N) is 2. The second-order valence-electron chi connectivity index (χ2n) is 5.56. The molecule has 1 fully saturated rings. The zero-order valence-corrected chi connectivity index (χ0v) is 16.6. The number of nitrogens with zero attached hydrogens (tertiary/aromatic N) is 2. The Morgan fingerprint density at radius 3 is 2.44 bits per heavy atom. The fourth-order valence-corrected chi connectivity index (χ4v) is 2.57. The number of aliphatic imine (C=N–C) groups is 1. The summed E-state index contributed by atoms with van der Waals surface area (Å²) in [5, 5.41) is 6.15. The number of guanidine groups is 1. The van der Waals surface area contributed by atoms with Crippen LogP contribution in [0.25, 0.3) is 0 Å². The lowest BCUT2D eigenvalue weighted by molar-refractivity contribution is -0.147. The van der Waals surface area contributed by atoms with Gasteiger partial charge in [-0.1, -0.05) is 18.2 Å². The Bertz CT molecular complexity index is 608. The molecule has 0 aromatic heterocycles. The molecule has 2 rings (SSSR count). The number of likely N-dealkylation sites (tertiary alicyclic amines) is 1. The number of hydrogen-bond acceptors (Lipinski definition) is 3. The van der Waals surface area contributed by atoms with E-state index in [0.29, 0.717) is 56.8 Å². The van der Waals surface area contributed by atoms with Crippen molar-refractivity contribution in [1.82, 2.24) is 15.5 Å². The van der Waals surface area contributed by atoms with Crippen molar-refractivity contribution >= 4 is 41.8 Å². The third-order valence-electron chi connectivity index (χ3n) is 3.88. The molecule has 2 amide bonds. The van der Waals surface area contributed by atoms with Crippen LogP contribution in [0.4, 0.5) is 4.39 Å². The van der Waals surface area contributed by atoms with Crippen LogP contribution in [0.2, 0.25) is 0 Å². The highest BCUT2D eigenvalue weighted by Crippen LogP contribution is 2.11. The molecule has 0 atom stereocenters. The summed E-state index contributed by atoms with van der Waals surface area (Å²) < 4.78 is 13.5. The zero-order valence-electron chi connectivity index (χ0n) is 14.3. The third-order valence-corrected chi connectivity index (χ3v) is 3.88. The minimum absolute atomic E-state index is 0. The molecule has 8 heteroatoms. The standard InChI is InChI=1S/C17H23FN4O2.HI/c1-19-17(20-10-9-13-5-2-3-6-14(13)18)21-11-12-22-15(23)7-4-8-16(22)24;/h2-3,5-6H,4,7-12H2,1H3,(H2,19,20,21);1H. The molecule has 0 spiro atoms. The first-order valence-electron chi connectivity index (χ1n) is 8.13. The number of halogens is 2. The van der Waals surface area contributed by atoms with Crippen molar-refractivity contribution in [3.05, 3.63) is 35.6 Å². The van der Waals surface area contributed by atoms with Crippen LogP contribution in [-0.2, 0) is 16.0 Å². The molecule has 0 bridgehead atoms. The number of piperidine rings is 1. The Kier molecular flexibility index (Phi) is 9.40. The maximum Gasteiger partial charge on any atom is 0.229 e. The van der Waals surface area contributed by atoms with Crippen LogP contribution >= 0.6 is 24.0 Å². The van der Waals surface area contributed by atoms with Crippen molar-refractivity contribution in [3.8, 4) is 0 Å². The molecule has 0 aliphatic carbocycles. The summed E-state index contributed by atoms with van der Waals surface area (Å²) >= 11 is 0. The molecule has 2 N–H and O–H groups in total. The average molecular weight is 462 g/mol. The van der Waals surface area contributed by atoms with Crippen LogP contribution in [0.3, 0.4) is 0 Å². The van der Waals surface area contributed by atoms with Gasteiger partial charge in [0.05, 0.1) is 0 Å². The molecule has 1 aliphatic rings. The van der Waals surface area contributed by atoms with Gasteiger partial charge in [0.15, 0.2) is 5.96 Å². The quantitative estimate of drug-likeness (QED) is 0.292. The number of carbonyl (C=O) groups excluding carboxylic acids is 2. The van der Waals surface area contributed by atoms with Gasteiger partial charge >= 0.3 is 0 Å². The van der Waals surface area contributed by atoms with Crippen LogP contribution in [-0.4, -0.2) is 49.4 Å². The van der Waals surface area contributed by atoms with Crippen molar-refractivity contribution in [3.63, 3.8) is 0 Å². The average Bonchev–Trinajstić information content (AvgIpc) is 2.57. The van der Waals surface area contributed by atoms with E-state index in [1.807, 2.05) is 0 Å². The van der Waals surface area contributed by atoms with E-state index in [-0.39, 0.29) is 41.6 Å². The summed E-state index contributed by atoms with van der Waals surface area (Å²) in [6.45, 7) is 1.28. The first kappa shape index (κ1) is 21.3. The molecule has 25 heavy (non-hydrogen) atoms. The van der Waals surface area contributed by atoms with Gasteiger partial charge in [0.2, 0.25) is 11.8 Å². The molecule has 1 heterocycles. The first-order chi connectivity index (χ1) is 11.6. The van der Waals surface area contributed by atoms with Crippen molar-refractivity contribution < 1.29 is 14.0 Å². The molecule has 0 radical (unpaired) electrons. The zero-order chi connectivity index (χ0) is 17.4. The molecule has 0 saturated carbocycles. The summed E-state index contributed by atoms with van der Waals surface area (Å²) in [7, 11) is 1.63. The Labute approximate surface area is 164 Å². The maximum atomic E-state index is 13.5. The van der Waals surface area contributed by atoms with Crippen LogP contribution in [0, 0.1) is 5.82 Å². The summed E-state index contributed by atoms with van der Waals surface area (Å²) in [6, 6.07) is 6.66. The summed E-state index contributed by atoms with van der Waals surface area (Å²) in [6.07, 6.45) is 2.04. The van der Waals surface area contributed by atoms with Crippen molar-refractivity contribution in [2.24, 2.45) is 4.99 Å². The fourth-order valence-electron chi connectivity index (χ4n) is 2.57. The second-order valence-corrected chi connectivity index (χ2v) is 5.56. The first-order valence-corrected chi connectivity index (χ1v) is 8.13. The van der Waals surface area contributed by atoms with Gasteiger partial charge in [-0.3, -0.25) is 19.5 Å². The van der Waals surface area contributed by atoms with Gasteiger partial charge in [-0.05, 0) is 24.5 Å². The highest BCUT2D eigenvalue weighted by Gasteiger charge is 2.25. The fraction of sp³-hybridized carbons (Fsp3) is 0.471. The molecule has 1 aromatic carbocycles. The van der Waals surface area contributed by atoms with E-state index >= 15 is 0 Å². The Morgan fingerprint density at radius 1 is 1.16 bits per heavy atom. The molecule has 1 saturated heterocycles. The summed E-state index contributed by atoms with van der Waals surface area (Å²) in [4.78, 5) is 28.8. The SMILES string of the molecule is CN=C(NCCc1ccccc1F)NCCN1C(=O)CCCC1=O.I. The Hall–Kier alpha value is -1.71. The van der Waals surface area contributed by atoms with Gasteiger partial charge < -0.3 is 10.6 Å². The van der Waals surface area contributed by atoms with Crippen LogP contribution in [0.15, 0.2) is 29.3 Å². The van der Waals surface area contributed by atoms with Crippen molar-refractivity contribution in [2.45, 2.75) is 25.7 Å². The lowest BCUT2D eigenvalue weighted by Crippen LogP contribution is -2.46. The Balaban J connectivity index is 0.00000312. The van der Waals surface area contributed by atoms with E-state index in [2.05, 4.69) is 15.6 Å². The maximum absolute atomic E-state index is 13.5. The van der Waals surface area contributed by atoms with Crippen LogP contribution in [0.1, 0.15) is 24.8 Å². The smallest absolute Gasteiger partial charge is 0.229 e. The van der Waals surface area contributed by atoms with Crippen molar-refractivity contribution in [1.29, 1.82) is 0 Å². The summed E-state index contributed by atoms with van der Waals surface area (Å²) in [5.74, 6) is 0.110. The highest BCUT2D eigenvalue weighted by molar-refractivity contribution is 14.0. The van der Waals surface area contributed by atoms with Crippen LogP contribution in [0.5, 0.6) is 0 Å². The predicted octanol–water partition coefficient (Wildman–Crippen LogP) is 1.69. The minimum atomic E-state index is -0.218. The molecule has 1 aromatic rings. The topological polar surface area (TPSA) is 73.8 Å². The number of benzene rings is 1. The number of hydrogen-bond donors (Lipinski definition) is 2. The normalized spacial score (nSPS) is 15.0. The molecular formula is C17H24FIN4O2. The van der Waals surface area contributed by atoms with E-state index in [9.17, 15) is 14.0 Å². The molecule has 0 unspecified atom stereocenters. The predicted molar refractivity (Wildman–Crippen MR) is 105 cm³/mol. The van der Waals surface area contributed by atoms with Crippen molar-refractivity contribution in [2.75, 3.05) is 26.7 Å². The van der Waals surface area contributed by atoms with E-state index in [1.54, 1.807) is 25.2 Å². The largest absolute Gasteiger partial charge is 0.356 e. The number of rotatable bonds is 6. The van der Waals surface area contributed by atoms with Gasteiger partial charge in [-0.15, -0.1) is 24.0 Å². The van der Waals surface area contributed by atoms with Gasteiger partial charge in [0.1, 0.15) is 5.82 Å². The summed E-state index contributed by atoms with van der Waals surface area (Å²) in [5.41, 5.74) is 0.643. The van der Waals surface area contributed by atoms with E-state index < -0.39 is 0 Å². The van der Waals surface area contributed by atoms with Gasteiger partial charge in [0, 0.05) is 39.5 Å². The van der Waals surface area contributed by atoms with Gasteiger partial charge in [0.25, 0.3) is 0 Å². The molecule has 6 nitrogen and oxygen atoms in total. The Morgan fingerprint density at radius 2 is 1.80 bits per heavy atom. The monoisotopic (exact) mass is 462 g/mol. The molecule has 1 aliphatic heterocycles. The lowest BCUT2D eigenvalue weighted by Gasteiger charge is -2.25. The molecule has 138 valence electrons. The number of amides is 2. The molecular weight excluding hydrogens is 438 g/mol. The number of carbonyl (C=O) groups is 2. The van der Waals surface area contributed by atoms with E-state index in [0.717, 1.165) is 0 Å². The highest BCUT2D eigenvalue weighted by atomic mass is 127. The minimum Gasteiger partial charge on any atom is -0.356 e. The van der Waals surface area contributed by atoms with E-state index in [4.69, 9.17) is 0 Å². The number of imide groups is 1. The van der Waals surface area contributed by atoms with Crippen LogP contribution < -0.4 is 10.6 Å². The second kappa shape index (κ2) is 11.0.